The highest BCUT2D eigenvalue weighted by atomic mass is 16.5. The van der Waals surface area contributed by atoms with Crippen molar-refractivity contribution in [3.05, 3.63) is 23.4 Å². The summed E-state index contributed by atoms with van der Waals surface area (Å²) in [5, 5.41) is 2.81. The van der Waals surface area contributed by atoms with E-state index in [9.17, 15) is 9.59 Å². The third-order valence-corrected chi connectivity index (χ3v) is 5.51. The zero-order valence-electron chi connectivity index (χ0n) is 16.1. The lowest BCUT2D eigenvalue weighted by Crippen LogP contribution is -2.49. The van der Waals surface area contributed by atoms with E-state index in [0.29, 0.717) is 36.4 Å². The van der Waals surface area contributed by atoms with Gasteiger partial charge in [-0.15, -0.1) is 0 Å². The number of ketones is 1. The smallest absolute Gasteiger partial charge is 0.270 e. The summed E-state index contributed by atoms with van der Waals surface area (Å²) in [5.74, 6) is 1.39. The van der Waals surface area contributed by atoms with Crippen LogP contribution in [0.1, 0.15) is 87.7 Å². The van der Waals surface area contributed by atoms with Crippen molar-refractivity contribution in [3.8, 4) is 5.88 Å². The number of aromatic nitrogens is 1. The van der Waals surface area contributed by atoms with Crippen LogP contribution in [0, 0.1) is 5.92 Å². The lowest BCUT2D eigenvalue weighted by Gasteiger charge is -2.24. The molecule has 0 bridgehead atoms. The standard InChI is InChI=1S/C21H30N2O3/c1-4-18(24)21(2,3)23-19(25)17-12-11-16(15-7-5-6-8-15)20(22-17)26-13-14-9-10-14/h11-12,14-15H,4-10,13H2,1-3H3,(H,23,25). The Morgan fingerprint density at radius 3 is 2.50 bits per heavy atom. The summed E-state index contributed by atoms with van der Waals surface area (Å²) in [5.41, 5.74) is 0.547. The van der Waals surface area contributed by atoms with Crippen LogP contribution in [-0.2, 0) is 4.79 Å². The molecule has 2 aliphatic rings. The summed E-state index contributed by atoms with van der Waals surface area (Å²) in [4.78, 5) is 29.2. The van der Waals surface area contributed by atoms with Crippen molar-refractivity contribution in [1.82, 2.24) is 10.3 Å². The first kappa shape index (κ1) is 18.9. The number of rotatable bonds is 8. The van der Waals surface area contributed by atoms with Crippen molar-refractivity contribution in [2.24, 2.45) is 5.92 Å². The van der Waals surface area contributed by atoms with Crippen LogP contribution in [0.3, 0.4) is 0 Å². The highest BCUT2D eigenvalue weighted by molar-refractivity contribution is 5.98. The number of carbonyl (C=O) groups is 2. The molecule has 1 amide bonds. The second-order valence-corrected chi connectivity index (χ2v) is 8.18. The maximum atomic E-state index is 12.6. The number of hydrogen-bond acceptors (Lipinski definition) is 4. The SMILES string of the molecule is CCC(=O)C(C)(C)NC(=O)c1ccc(C2CCCC2)c(OCC2CC2)n1. The molecule has 3 rings (SSSR count). The number of nitrogens with zero attached hydrogens (tertiary/aromatic N) is 1. The highest BCUT2D eigenvalue weighted by Gasteiger charge is 2.30. The number of carbonyl (C=O) groups excluding carboxylic acids is 2. The van der Waals surface area contributed by atoms with Gasteiger partial charge < -0.3 is 10.1 Å². The Morgan fingerprint density at radius 2 is 1.88 bits per heavy atom. The van der Waals surface area contributed by atoms with Crippen LogP contribution >= 0.6 is 0 Å². The topological polar surface area (TPSA) is 68.3 Å². The molecule has 26 heavy (non-hydrogen) atoms. The van der Waals surface area contributed by atoms with E-state index < -0.39 is 5.54 Å². The van der Waals surface area contributed by atoms with Gasteiger partial charge in [-0.3, -0.25) is 9.59 Å². The fourth-order valence-corrected chi connectivity index (χ4v) is 3.58. The van der Waals surface area contributed by atoms with Crippen molar-refractivity contribution in [2.75, 3.05) is 6.61 Å². The molecule has 0 saturated heterocycles. The van der Waals surface area contributed by atoms with E-state index in [-0.39, 0.29) is 11.7 Å². The summed E-state index contributed by atoms with van der Waals surface area (Å²) in [6.45, 7) is 5.94. The Balaban J connectivity index is 1.79. The van der Waals surface area contributed by atoms with Crippen LogP contribution in [-0.4, -0.2) is 28.8 Å². The predicted octanol–water partition coefficient (Wildman–Crippen LogP) is 4.02. The highest BCUT2D eigenvalue weighted by Crippen LogP contribution is 2.39. The van der Waals surface area contributed by atoms with Gasteiger partial charge in [-0.25, -0.2) is 4.98 Å². The Hall–Kier alpha value is -1.91. The molecular weight excluding hydrogens is 328 g/mol. The Labute approximate surface area is 155 Å². The average Bonchev–Trinajstić information content (AvgIpc) is 3.30. The lowest BCUT2D eigenvalue weighted by atomic mass is 9.96. The first-order valence-corrected chi connectivity index (χ1v) is 9.90. The molecule has 142 valence electrons. The summed E-state index contributed by atoms with van der Waals surface area (Å²) in [7, 11) is 0. The quantitative estimate of drug-likeness (QED) is 0.762. The number of ether oxygens (including phenoxy) is 1. The van der Waals surface area contributed by atoms with E-state index in [1.807, 2.05) is 6.07 Å². The van der Waals surface area contributed by atoms with Gasteiger partial charge in [-0.05, 0) is 57.4 Å². The van der Waals surface area contributed by atoms with Crippen LogP contribution in [0.2, 0.25) is 0 Å². The molecule has 1 aromatic heterocycles. The van der Waals surface area contributed by atoms with Gasteiger partial charge in [0.2, 0.25) is 5.88 Å². The molecule has 5 heteroatoms. The monoisotopic (exact) mass is 358 g/mol. The van der Waals surface area contributed by atoms with Crippen molar-refractivity contribution < 1.29 is 14.3 Å². The van der Waals surface area contributed by atoms with E-state index in [2.05, 4.69) is 10.3 Å². The zero-order valence-corrected chi connectivity index (χ0v) is 16.1. The molecule has 1 aromatic rings. The molecule has 5 nitrogen and oxygen atoms in total. The number of pyridine rings is 1. The molecule has 2 saturated carbocycles. The molecule has 1 heterocycles. The van der Waals surface area contributed by atoms with E-state index >= 15 is 0 Å². The average molecular weight is 358 g/mol. The molecule has 0 radical (unpaired) electrons. The molecule has 0 aliphatic heterocycles. The van der Waals surface area contributed by atoms with Gasteiger partial charge in [-0.2, -0.15) is 0 Å². The Kier molecular flexibility index (Phi) is 5.64. The van der Waals surface area contributed by atoms with Crippen molar-refractivity contribution >= 4 is 11.7 Å². The maximum absolute atomic E-state index is 12.6. The summed E-state index contributed by atoms with van der Waals surface area (Å²) in [6.07, 6.45) is 7.61. The normalized spacial score (nSPS) is 18.0. The van der Waals surface area contributed by atoms with Crippen LogP contribution in [0.5, 0.6) is 5.88 Å². The first-order valence-electron chi connectivity index (χ1n) is 9.90. The van der Waals surface area contributed by atoms with Gasteiger partial charge in [-0.1, -0.05) is 25.8 Å². The van der Waals surface area contributed by atoms with Gasteiger partial charge in [0.1, 0.15) is 5.69 Å². The van der Waals surface area contributed by atoms with Gasteiger partial charge in [0.25, 0.3) is 5.91 Å². The summed E-state index contributed by atoms with van der Waals surface area (Å²) >= 11 is 0. The number of amides is 1. The van der Waals surface area contributed by atoms with Gasteiger partial charge in [0.15, 0.2) is 5.78 Å². The van der Waals surface area contributed by atoms with E-state index in [1.54, 1.807) is 26.8 Å². The summed E-state index contributed by atoms with van der Waals surface area (Å²) in [6, 6.07) is 3.76. The van der Waals surface area contributed by atoms with Crippen LogP contribution in [0.4, 0.5) is 0 Å². The third-order valence-electron chi connectivity index (χ3n) is 5.51. The second-order valence-electron chi connectivity index (χ2n) is 8.18. The molecule has 0 spiro atoms. The van der Waals surface area contributed by atoms with Crippen LogP contribution in [0.25, 0.3) is 0 Å². The minimum atomic E-state index is -0.896. The lowest BCUT2D eigenvalue weighted by molar-refractivity contribution is -0.123. The Bertz CT molecular complexity index is 674. The largest absolute Gasteiger partial charge is 0.477 e. The fourth-order valence-electron chi connectivity index (χ4n) is 3.58. The number of hydrogen-bond donors (Lipinski definition) is 1. The Morgan fingerprint density at radius 1 is 1.19 bits per heavy atom. The fraction of sp³-hybridized carbons (Fsp3) is 0.667. The third kappa shape index (κ3) is 4.43. The molecule has 0 atom stereocenters. The van der Waals surface area contributed by atoms with Crippen LogP contribution < -0.4 is 10.1 Å². The predicted molar refractivity (Wildman–Crippen MR) is 101 cm³/mol. The summed E-state index contributed by atoms with van der Waals surface area (Å²) < 4.78 is 6.01. The maximum Gasteiger partial charge on any atom is 0.270 e. The first-order chi connectivity index (χ1) is 12.4. The van der Waals surface area contributed by atoms with Crippen molar-refractivity contribution in [3.63, 3.8) is 0 Å². The molecular formula is C21H30N2O3. The van der Waals surface area contributed by atoms with Gasteiger partial charge in [0, 0.05) is 12.0 Å². The van der Waals surface area contributed by atoms with Crippen LogP contribution in [0.15, 0.2) is 12.1 Å². The van der Waals surface area contributed by atoms with Gasteiger partial charge in [0.05, 0.1) is 12.1 Å². The van der Waals surface area contributed by atoms with Gasteiger partial charge >= 0.3 is 0 Å². The second kappa shape index (κ2) is 7.77. The van der Waals surface area contributed by atoms with E-state index in [0.717, 1.165) is 18.4 Å². The number of nitrogens with one attached hydrogen (secondary N) is 1. The molecule has 0 unspecified atom stereocenters. The van der Waals surface area contributed by atoms with Crippen molar-refractivity contribution in [2.45, 2.75) is 77.2 Å². The molecule has 2 aliphatic carbocycles. The molecule has 0 aromatic carbocycles. The number of Topliss-reactive ketones (excluding diaryl/α,β-unsaturated/α-hetero) is 1. The van der Waals surface area contributed by atoms with E-state index in [4.69, 9.17) is 4.74 Å². The minimum absolute atomic E-state index is 0.00127. The zero-order chi connectivity index (χ0) is 18.7. The van der Waals surface area contributed by atoms with E-state index in [1.165, 1.54) is 25.7 Å². The minimum Gasteiger partial charge on any atom is -0.477 e. The molecule has 2 fully saturated rings. The molecule has 1 N–H and O–H groups in total. The van der Waals surface area contributed by atoms with Crippen molar-refractivity contribution in [1.29, 1.82) is 0 Å².